The van der Waals surface area contributed by atoms with Crippen molar-refractivity contribution >= 4 is 18.2 Å². The van der Waals surface area contributed by atoms with Crippen molar-refractivity contribution in [1.29, 1.82) is 5.26 Å². The molecule has 0 radical (unpaired) electrons. The maximum atomic E-state index is 12.6. The van der Waals surface area contributed by atoms with Gasteiger partial charge in [-0.2, -0.15) is 5.26 Å². The maximum Gasteiger partial charge on any atom is 0.255 e. The van der Waals surface area contributed by atoms with Crippen molar-refractivity contribution in [2.45, 2.75) is 44.2 Å². The van der Waals surface area contributed by atoms with Gasteiger partial charge >= 0.3 is 0 Å². The number of benzene rings is 2. The molecule has 0 spiro atoms. The molecule has 2 aromatic rings. The van der Waals surface area contributed by atoms with E-state index in [0.717, 1.165) is 32.2 Å². The Labute approximate surface area is 206 Å². The van der Waals surface area contributed by atoms with Crippen LogP contribution in [-0.4, -0.2) is 60.2 Å². The third-order valence-corrected chi connectivity index (χ3v) is 6.62. The second-order valence-electron chi connectivity index (χ2n) is 8.81. The van der Waals surface area contributed by atoms with Crippen molar-refractivity contribution in [1.82, 2.24) is 15.1 Å². The van der Waals surface area contributed by atoms with Gasteiger partial charge in [-0.1, -0.05) is 61.7 Å². The van der Waals surface area contributed by atoms with Gasteiger partial charge in [0, 0.05) is 32.2 Å². The highest BCUT2D eigenvalue weighted by Crippen LogP contribution is 2.24. The minimum Gasteiger partial charge on any atom is -0.368 e. The van der Waals surface area contributed by atoms with Crippen LogP contribution in [0.3, 0.4) is 0 Å². The summed E-state index contributed by atoms with van der Waals surface area (Å²) in [5.41, 5.74) is 6.79. The zero-order chi connectivity index (χ0) is 25.0. The van der Waals surface area contributed by atoms with Crippen LogP contribution in [0.1, 0.15) is 59.6 Å². The minimum atomic E-state index is -0.737. The normalized spacial score (nSPS) is 17.3. The predicted molar refractivity (Wildman–Crippen MR) is 133 cm³/mol. The van der Waals surface area contributed by atoms with E-state index < -0.39 is 11.9 Å². The average molecular weight is 476 g/mol. The number of piperazine rings is 1. The molecule has 184 valence electrons. The molecule has 2 aliphatic rings. The largest absolute Gasteiger partial charge is 0.368 e. The number of amides is 3. The second kappa shape index (κ2) is 13.3. The molecule has 0 aromatic heterocycles. The van der Waals surface area contributed by atoms with Crippen LogP contribution in [0.4, 0.5) is 0 Å². The summed E-state index contributed by atoms with van der Waals surface area (Å²) in [6.45, 7) is 3.47. The van der Waals surface area contributed by atoms with E-state index in [0.29, 0.717) is 23.1 Å². The highest BCUT2D eigenvalue weighted by Gasteiger charge is 2.28. The Kier molecular flexibility index (Phi) is 9.81. The van der Waals surface area contributed by atoms with Crippen LogP contribution in [0.15, 0.2) is 54.6 Å². The van der Waals surface area contributed by atoms with Gasteiger partial charge in [0.15, 0.2) is 0 Å². The molecule has 4 rings (SSSR count). The number of carbonyl (C=O) groups excluding carboxylic acids is 3. The van der Waals surface area contributed by atoms with Crippen LogP contribution in [0.2, 0.25) is 0 Å². The van der Waals surface area contributed by atoms with E-state index in [9.17, 15) is 14.4 Å². The molecule has 1 aliphatic carbocycles. The lowest BCUT2D eigenvalue weighted by atomic mass is 9.94. The molecule has 3 N–H and O–H groups in total. The molecule has 8 heteroatoms. The lowest BCUT2D eigenvalue weighted by Gasteiger charge is -2.40. The van der Waals surface area contributed by atoms with Crippen molar-refractivity contribution in [2.24, 2.45) is 5.73 Å². The molecule has 8 nitrogen and oxygen atoms in total. The Bertz CT molecular complexity index is 1020. The third kappa shape index (κ3) is 7.14. The van der Waals surface area contributed by atoms with Crippen LogP contribution in [0.5, 0.6) is 0 Å². The summed E-state index contributed by atoms with van der Waals surface area (Å²) in [4.78, 5) is 38.1. The van der Waals surface area contributed by atoms with Gasteiger partial charge in [-0.15, -0.1) is 0 Å². The highest BCUT2D eigenvalue weighted by atomic mass is 16.2. The lowest BCUT2D eigenvalue weighted by Crippen LogP contribution is -2.52. The van der Waals surface area contributed by atoms with Crippen molar-refractivity contribution in [3.63, 3.8) is 0 Å². The number of rotatable bonds is 6. The number of carbonyl (C=O) groups is 3. The minimum absolute atomic E-state index is 0.000411. The van der Waals surface area contributed by atoms with Gasteiger partial charge in [-0.25, -0.2) is 0 Å². The predicted octanol–water partition coefficient (Wildman–Crippen LogP) is 2.61. The van der Waals surface area contributed by atoms with E-state index in [1.165, 1.54) is 32.1 Å². The first kappa shape index (κ1) is 25.9. The van der Waals surface area contributed by atoms with Gasteiger partial charge in [0.1, 0.15) is 6.04 Å². The first-order valence-electron chi connectivity index (χ1n) is 12.1. The molecule has 1 atom stereocenters. The standard InChI is InChI=1S/C18H23N3O.C9H10N2O2/c19-14-15-6-4-5-9-17(15)18(22)21-12-10-20(11-13-21)16-7-2-1-3-8-16;10-9(13)8(11-6-12)7-4-2-1-3-5-7/h4-6,9,16H,1-3,7-8,10-13H2;1-6,8H,(H2,10,13)(H,11,12). The Morgan fingerprint density at radius 1 is 0.971 bits per heavy atom. The smallest absolute Gasteiger partial charge is 0.255 e. The Morgan fingerprint density at radius 2 is 1.60 bits per heavy atom. The number of nitrogens with zero attached hydrogens (tertiary/aromatic N) is 3. The molecule has 1 saturated heterocycles. The topological polar surface area (TPSA) is 120 Å². The van der Waals surface area contributed by atoms with Gasteiger partial charge in [0.25, 0.3) is 5.91 Å². The number of hydrogen-bond donors (Lipinski definition) is 2. The fourth-order valence-electron chi connectivity index (χ4n) is 4.73. The average Bonchev–Trinajstić information content (AvgIpc) is 2.92. The molecular weight excluding hydrogens is 442 g/mol. The first-order chi connectivity index (χ1) is 17.0. The zero-order valence-electron chi connectivity index (χ0n) is 19.9. The SMILES string of the molecule is N#Cc1ccccc1C(=O)N1CCN(C2CCCCC2)CC1.NC(=O)C(NC=O)c1ccccc1. The van der Waals surface area contributed by atoms with E-state index in [1.807, 2.05) is 17.0 Å². The number of nitrogens with one attached hydrogen (secondary N) is 1. The molecule has 1 heterocycles. The summed E-state index contributed by atoms with van der Waals surface area (Å²) < 4.78 is 0. The van der Waals surface area contributed by atoms with Crippen LogP contribution < -0.4 is 11.1 Å². The van der Waals surface area contributed by atoms with E-state index in [4.69, 9.17) is 11.0 Å². The van der Waals surface area contributed by atoms with Gasteiger partial charge < -0.3 is 16.0 Å². The van der Waals surface area contributed by atoms with Crippen LogP contribution >= 0.6 is 0 Å². The molecule has 35 heavy (non-hydrogen) atoms. The van der Waals surface area contributed by atoms with Crippen LogP contribution in [-0.2, 0) is 9.59 Å². The molecular formula is C27H33N5O3. The van der Waals surface area contributed by atoms with Crippen LogP contribution in [0.25, 0.3) is 0 Å². The van der Waals surface area contributed by atoms with Crippen molar-refractivity contribution in [3.8, 4) is 6.07 Å². The van der Waals surface area contributed by atoms with Gasteiger partial charge in [0.2, 0.25) is 12.3 Å². The Morgan fingerprint density at radius 3 is 2.20 bits per heavy atom. The molecule has 1 saturated carbocycles. The van der Waals surface area contributed by atoms with Gasteiger partial charge in [-0.3, -0.25) is 19.3 Å². The maximum absolute atomic E-state index is 12.6. The summed E-state index contributed by atoms with van der Waals surface area (Å²) in [6.07, 6.45) is 7.15. The van der Waals surface area contributed by atoms with Crippen LogP contribution in [0, 0.1) is 11.3 Å². The molecule has 2 fully saturated rings. The fraction of sp³-hybridized carbons (Fsp3) is 0.407. The summed E-state index contributed by atoms with van der Waals surface area (Å²) in [6, 6.07) is 18.0. The van der Waals surface area contributed by atoms with E-state index in [1.54, 1.807) is 42.5 Å². The van der Waals surface area contributed by atoms with E-state index in [-0.39, 0.29) is 5.91 Å². The quantitative estimate of drug-likeness (QED) is 0.623. The molecule has 1 aliphatic heterocycles. The van der Waals surface area contributed by atoms with Crippen molar-refractivity contribution in [2.75, 3.05) is 26.2 Å². The molecule has 1 unspecified atom stereocenters. The number of primary amides is 1. The summed E-state index contributed by atoms with van der Waals surface area (Å²) in [5.74, 6) is -0.571. The summed E-state index contributed by atoms with van der Waals surface area (Å²) in [5, 5.41) is 11.5. The van der Waals surface area contributed by atoms with Gasteiger partial charge in [0.05, 0.1) is 17.2 Å². The number of hydrogen-bond acceptors (Lipinski definition) is 5. The second-order valence-corrected chi connectivity index (χ2v) is 8.81. The zero-order valence-corrected chi connectivity index (χ0v) is 19.9. The molecule has 3 amide bonds. The van der Waals surface area contributed by atoms with E-state index in [2.05, 4.69) is 16.3 Å². The Balaban J connectivity index is 0.000000225. The summed E-state index contributed by atoms with van der Waals surface area (Å²) >= 11 is 0. The van der Waals surface area contributed by atoms with Crippen molar-refractivity contribution < 1.29 is 14.4 Å². The number of nitrogens with two attached hydrogens (primary N) is 1. The first-order valence-corrected chi connectivity index (χ1v) is 12.1. The lowest BCUT2D eigenvalue weighted by molar-refractivity contribution is -0.122. The van der Waals surface area contributed by atoms with Crippen molar-refractivity contribution in [3.05, 3.63) is 71.3 Å². The summed E-state index contributed by atoms with van der Waals surface area (Å²) in [7, 11) is 0. The molecule has 0 bridgehead atoms. The number of nitriles is 1. The van der Waals surface area contributed by atoms with Gasteiger partial charge in [-0.05, 0) is 30.5 Å². The molecule has 2 aromatic carbocycles. The Hall–Kier alpha value is -3.70. The fourth-order valence-corrected chi connectivity index (χ4v) is 4.73. The highest BCUT2D eigenvalue weighted by molar-refractivity contribution is 5.96. The van der Waals surface area contributed by atoms with E-state index >= 15 is 0 Å². The monoisotopic (exact) mass is 475 g/mol. The third-order valence-electron chi connectivity index (χ3n) is 6.62.